The molecule has 0 aliphatic carbocycles. The molecule has 128 valence electrons. The van der Waals surface area contributed by atoms with Crippen molar-refractivity contribution in [2.75, 3.05) is 5.32 Å². The lowest BCUT2D eigenvalue weighted by Gasteiger charge is -2.14. The predicted molar refractivity (Wildman–Crippen MR) is 91.7 cm³/mol. The number of hydrogen-bond donors (Lipinski definition) is 1. The second-order valence-electron chi connectivity index (χ2n) is 5.95. The van der Waals surface area contributed by atoms with E-state index in [-0.39, 0.29) is 12.3 Å². The van der Waals surface area contributed by atoms with Crippen LogP contribution >= 0.6 is 0 Å². The van der Waals surface area contributed by atoms with Crippen molar-refractivity contribution in [1.82, 2.24) is 9.78 Å². The van der Waals surface area contributed by atoms with E-state index >= 15 is 0 Å². The Morgan fingerprint density at radius 3 is 2.38 bits per heavy atom. The molecule has 0 spiro atoms. The zero-order valence-corrected chi connectivity index (χ0v) is 14.7. The van der Waals surface area contributed by atoms with Crippen LogP contribution in [-0.4, -0.2) is 27.8 Å². The summed E-state index contributed by atoms with van der Waals surface area (Å²) < 4.78 is 6.92. The quantitative estimate of drug-likeness (QED) is 0.855. The van der Waals surface area contributed by atoms with Crippen molar-refractivity contribution in [1.29, 1.82) is 0 Å². The summed E-state index contributed by atoms with van der Waals surface area (Å²) in [5.74, 6) is -0.799. The number of aromatic nitrogens is 2. The summed E-state index contributed by atoms with van der Waals surface area (Å²) in [6, 6.07) is 7.63. The van der Waals surface area contributed by atoms with Gasteiger partial charge in [-0.15, -0.1) is 0 Å². The third-order valence-electron chi connectivity index (χ3n) is 3.90. The van der Waals surface area contributed by atoms with Crippen LogP contribution in [0.15, 0.2) is 24.3 Å². The second-order valence-corrected chi connectivity index (χ2v) is 5.95. The Labute approximate surface area is 141 Å². The van der Waals surface area contributed by atoms with E-state index in [2.05, 4.69) is 10.4 Å². The molecular weight excluding hydrogens is 306 g/mol. The minimum absolute atomic E-state index is 0.142. The molecule has 2 rings (SSSR count). The first kappa shape index (κ1) is 17.7. The lowest BCUT2D eigenvalue weighted by Crippen LogP contribution is -2.30. The van der Waals surface area contributed by atoms with E-state index in [0.717, 1.165) is 22.5 Å². The second kappa shape index (κ2) is 7.29. The van der Waals surface area contributed by atoms with Gasteiger partial charge in [0.25, 0.3) is 5.91 Å². The molecule has 1 aromatic heterocycles. The molecule has 2 aromatic rings. The molecule has 6 heteroatoms. The van der Waals surface area contributed by atoms with Crippen LogP contribution in [0.3, 0.4) is 0 Å². The maximum absolute atomic E-state index is 12.2. The molecule has 0 aliphatic rings. The van der Waals surface area contributed by atoms with Gasteiger partial charge in [0.2, 0.25) is 0 Å². The molecule has 0 saturated carbocycles. The van der Waals surface area contributed by atoms with E-state index in [9.17, 15) is 9.59 Å². The maximum atomic E-state index is 12.2. The average molecular weight is 329 g/mol. The number of hydrogen-bond acceptors (Lipinski definition) is 4. The standard InChI is InChI=1S/C18H23N3O3/c1-11-6-8-15(9-7-11)10-16(22)24-14(4)18(23)19-17-12(2)20-21(5)13(17)3/h6-9,14H,10H2,1-5H3,(H,19,23)/t14-/m1/s1. The number of esters is 1. The third kappa shape index (κ3) is 4.22. The molecule has 1 amide bonds. The fraction of sp³-hybridized carbons (Fsp3) is 0.389. The lowest BCUT2D eigenvalue weighted by molar-refractivity contribution is -0.152. The molecule has 0 radical (unpaired) electrons. The number of amides is 1. The van der Waals surface area contributed by atoms with Gasteiger partial charge in [-0.3, -0.25) is 14.3 Å². The number of aryl methyl sites for hydroxylation is 3. The lowest BCUT2D eigenvalue weighted by atomic mass is 10.1. The van der Waals surface area contributed by atoms with Gasteiger partial charge in [0.05, 0.1) is 23.5 Å². The molecule has 0 aliphatic heterocycles. The van der Waals surface area contributed by atoms with E-state index in [1.165, 1.54) is 0 Å². The molecule has 24 heavy (non-hydrogen) atoms. The normalized spacial score (nSPS) is 11.9. The minimum Gasteiger partial charge on any atom is -0.452 e. The first-order valence-corrected chi connectivity index (χ1v) is 7.84. The van der Waals surface area contributed by atoms with Gasteiger partial charge in [0, 0.05) is 7.05 Å². The molecule has 1 heterocycles. The number of ether oxygens (including phenoxy) is 1. The Morgan fingerprint density at radius 1 is 1.21 bits per heavy atom. The highest BCUT2D eigenvalue weighted by Crippen LogP contribution is 2.18. The first-order valence-electron chi connectivity index (χ1n) is 7.84. The van der Waals surface area contributed by atoms with E-state index < -0.39 is 12.1 Å². The summed E-state index contributed by atoms with van der Waals surface area (Å²) in [5.41, 5.74) is 4.21. The predicted octanol–water partition coefficient (Wildman–Crippen LogP) is 2.46. The zero-order valence-electron chi connectivity index (χ0n) is 14.7. The van der Waals surface area contributed by atoms with Crippen LogP contribution < -0.4 is 5.32 Å². The van der Waals surface area contributed by atoms with Crippen LogP contribution in [0.25, 0.3) is 0 Å². The van der Waals surface area contributed by atoms with Gasteiger partial charge < -0.3 is 10.1 Å². The third-order valence-corrected chi connectivity index (χ3v) is 3.90. The molecule has 1 N–H and O–H groups in total. The number of anilines is 1. The highest BCUT2D eigenvalue weighted by atomic mass is 16.5. The summed E-state index contributed by atoms with van der Waals surface area (Å²) in [4.78, 5) is 24.2. The van der Waals surface area contributed by atoms with Crippen molar-refractivity contribution in [2.45, 2.75) is 40.2 Å². The number of nitrogens with one attached hydrogen (secondary N) is 1. The number of benzene rings is 1. The van der Waals surface area contributed by atoms with Gasteiger partial charge in [-0.2, -0.15) is 5.10 Å². The van der Waals surface area contributed by atoms with Crippen molar-refractivity contribution in [2.24, 2.45) is 7.05 Å². The van der Waals surface area contributed by atoms with Gasteiger partial charge >= 0.3 is 5.97 Å². The van der Waals surface area contributed by atoms with Crippen LogP contribution in [0.5, 0.6) is 0 Å². The molecule has 6 nitrogen and oxygen atoms in total. The number of carbonyl (C=O) groups excluding carboxylic acids is 2. The molecule has 0 unspecified atom stereocenters. The summed E-state index contributed by atoms with van der Waals surface area (Å²) in [7, 11) is 1.81. The summed E-state index contributed by atoms with van der Waals surface area (Å²) in [6.07, 6.45) is -0.731. The van der Waals surface area contributed by atoms with E-state index in [1.54, 1.807) is 11.6 Å². The largest absolute Gasteiger partial charge is 0.452 e. The first-order chi connectivity index (χ1) is 11.3. The van der Waals surface area contributed by atoms with Crippen LogP contribution in [0.2, 0.25) is 0 Å². The fourth-order valence-electron chi connectivity index (χ4n) is 2.34. The van der Waals surface area contributed by atoms with Crippen molar-refractivity contribution in [3.63, 3.8) is 0 Å². The Bertz CT molecular complexity index is 748. The Morgan fingerprint density at radius 2 is 1.83 bits per heavy atom. The van der Waals surface area contributed by atoms with Gasteiger partial charge in [-0.25, -0.2) is 0 Å². The van der Waals surface area contributed by atoms with Crippen LogP contribution in [0.4, 0.5) is 5.69 Å². The monoisotopic (exact) mass is 329 g/mol. The molecule has 0 saturated heterocycles. The topological polar surface area (TPSA) is 73.2 Å². The van der Waals surface area contributed by atoms with Gasteiger partial charge in [-0.1, -0.05) is 29.8 Å². The minimum atomic E-state index is -0.873. The van der Waals surface area contributed by atoms with Crippen molar-refractivity contribution >= 4 is 17.6 Å². The molecular formula is C18H23N3O3. The van der Waals surface area contributed by atoms with Crippen molar-refractivity contribution in [3.05, 3.63) is 46.8 Å². The highest BCUT2D eigenvalue weighted by Gasteiger charge is 2.20. The number of rotatable bonds is 5. The zero-order chi connectivity index (χ0) is 17.9. The summed E-state index contributed by atoms with van der Waals surface area (Å²) in [6.45, 7) is 7.22. The fourth-order valence-corrected chi connectivity index (χ4v) is 2.34. The van der Waals surface area contributed by atoms with Crippen LogP contribution in [0.1, 0.15) is 29.4 Å². The highest BCUT2D eigenvalue weighted by molar-refractivity contribution is 5.96. The molecule has 1 atom stereocenters. The van der Waals surface area contributed by atoms with Crippen molar-refractivity contribution in [3.8, 4) is 0 Å². The average Bonchev–Trinajstić information content (AvgIpc) is 2.75. The van der Waals surface area contributed by atoms with Crippen LogP contribution in [0, 0.1) is 20.8 Å². The Hall–Kier alpha value is -2.63. The SMILES string of the molecule is Cc1ccc(CC(=O)O[C@H](C)C(=O)Nc2c(C)nn(C)c2C)cc1. The Kier molecular flexibility index (Phi) is 5.39. The summed E-state index contributed by atoms with van der Waals surface area (Å²) >= 11 is 0. The van der Waals surface area contributed by atoms with Gasteiger partial charge in [-0.05, 0) is 33.3 Å². The maximum Gasteiger partial charge on any atom is 0.311 e. The molecule has 0 fully saturated rings. The van der Waals surface area contributed by atoms with E-state index in [1.807, 2.05) is 52.1 Å². The smallest absolute Gasteiger partial charge is 0.311 e. The number of carbonyl (C=O) groups is 2. The van der Waals surface area contributed by atoms with Crippen molar-refractivity contribution < 1.29 is 14.3 Å². The van der Waals surface area contributed by atoms with Gasteiger partial charge in [0.1, 0.15) is 0 Å². The number of nitrogens with zero attached hydrogens (tertiary/aromatic N) is 2. The van der Waals surface area contributed by atoms with E-state index in [0.29, 0.717) is 5.69 Å². The van der Waals surface area contributed by atoms with Gasteiger partial charge in [0.15, 0.2) is 6.10 Å². The Balaban J connectivity index is 1.93. The van der Waals surface area contributed by atoms with Crippen LogP contribution in [-0.2, 0) is 27.8 Å². The van der Waals surface area contributed by atoms with E-state index in [4.69, 9.17) is 4.74 Å². The molecule has 1 aromatic carbocycles. The summed E-state index contributed by atoms with van der Waals surface area (Å²) in [5, 5.41) is 7.02. The molecule has 0 bridgehead atoms.